The van der Waals surface area contributed by atoms with Crippen LogP contribution in [0.1, 0.15) is 24.8 Å². The van der Waals surface area contributed by atoms with Gasteiger partial charge in [0.1, 0.15) is 0 Å². The van der Waals surface area contributed by atoms with Crippen LogP contribution in [-0.2, 0) is 6.54 Å². The molecule has 1 fully saturated rings. The highest BCUT2D eigenvalue weighted by molar-refractivity contribution is 7.99. The Morgan fingerprint density at radius 3 is 2.62 bits per heavy atom. The average Bonchev–Trinajstić information content (AvgIpc) is 2.37. The van der Waals surface area contributed by atoms with E-state index in [4.69, 9.17) is 0 Å². The SMILES string of the molecule is c1ccc(CNCCC2CCSCC2)cc1. The molecule has 0 spiro atoms. The fraction of sp³-hybridized carbons (Fsp3) is 0.571. The number of thioether (sulfide) groups is 1. The van der Waals surface area contributed by atoms with Crippen LogP contribution in [0.3, 0.4) is 0 Å². The summed E-state index contributed by atoms with van der Waals surface area (Å²) in [4.78, 5) is 0. The van der Waals surface area contributed by atoms with Crippen LogP contribution in [0.15, 0.2) is 30.3 Å². The van der Waals surface area contributed by atoms with Crippen molar-refractivity contribution in [1.82, 2.24) is 5.32 Å². The third-order valence-electron chi connectivity index (χ3n) is 3.24. The molecule has 0 amide bonds. The molecule has 1 aliphatic rings. The van der Waals surface area contributed by atoms with E-state index in [9.17, 15) is 0 Å². The van der Waals surface area contributed by atoms with Crippen molar-refractivity contribution in [3.8, 4) is 0 Å². The molecule has 1 nitrogen and oxygen atoms in total. The first-order valence-electron chi connectivity index (χ1n) is 6.27. The molecule has 0 saturated carbocycles. The van der Waals surface area contributed by atoms with Gasteiger partial charge in [-0.3, -0.25) is 0 Å². The maximum absolute atomic E-state index is 3.54. The number of nitrogens with one attached hydrogen (secondary N) is 1. The summed E-state index contributed by atoms with van der Waals surface area (Å²) in [5.41, 5.74) is 1.39. The average molecular weight is 235 g/mol. The fourth-order valence-corrected chi connectivity index (χ4v) is 3.37. The van der Waals surface area contributed by atoms with Gasteiger partial charge in [0.05, 0.1) is 0 Å². The Morgan fingerprint density at radius 1 is 1.12 bits per heavy atom. The van der Waals surface area contributed by atoms with Gasteiger partial charge in [0.15, 0.2) is 0 Å². The lowest BCUT2D eigenvalue weighted by atomic mass is 9.99. The molecule has 1 aromatic rings. The minimum Gasteiger partial charge on any atom is -0.313 e. The standard InChI is InChI=1S/C14H21NS/c1-2-4-14(5-3-1)12-15-9-6-13-7-10-16-11-8-13/h1-5,13,15H,6-12H2. The van der Waals surface area contributed by atoms with E-state index in [0.717, 1.165) is 12.5 Å². The highest BCUT2D eigenvalue weighted by Crippen LogP contribution is 2.24. The Morgan fingerprint density at radius 2 is 1.88 bits per heavy atom. The lowest BCUT2D eigenvalue weighted by Crippen LogP contribution is -2.20. The molecule has 1 aliphatic heterocycles. The van der Waals surface area contributed by atoms with Crippen molar-refractivity contribution in [1.29, 1.82) is 0 Å². The number of rotatable bonds is 5. The molecule has 88 valence electrons. The molecule has 0 bridgehead atoms. The third kappa shape index (κ3) is 4.18. The largest absolute Gasteiger partial charge is 0.313 e. The van der Waals surface area contributed by atoms with Crippen molar-refractivity contribution in [2.75, 3.05) is 18.1 Å². The van der Waals surface area contributed by atoms with Gasteiger partial charge in [-0.05, 0) is 48.8 Å². The van der Waals surface area contributed by atoms with E-state index in [1.807, 2.05) is 0 Å². The van der Waals surface area contributed by atoms with Crippen molar-refractivity contribution >= 4 is 11.8 Å². The molecule has 1 saturated heterocycles. The van der Waals surface area contributed by atoms with E-state index in [0.29, 0.717) is 0 Å². The Kier molecular flexibility index (Phi) is 5.23. The van der Waals surface area contributed by atoms with Gasteiger partial charge in [0.2, 0.25) is 0 Å². The van der Waals surface area contributed by atoms with Gasteiger partial charge in [-0.2, -0.15) is 11.8 Å². The van der Waals surface area contributed by atoms with Crippen LogP contribution in [0, 0.1) is 5.92 Å². The molecule has 0 aromatic heterocycles. The van der Waals surface area contributed by atoms with Crippen LogP contribution in [-0.4, -0.2) is 18.1 Å². The summed E-state index contributed by atoms with van der Waals surface area (Å²) in [6.07, 6.45) is 4.21. The number of benzene rings is 1. The molecule has 0 radical (unpaired) electrons. The zero-order valence-electron chi connectivity index (χ0n) is 9.82. The lowest BCUT2D eigenvalue weighted by molar-refractivity contribution is 0.437. The van der Waals surface area contributed by atoms with Crippen LogP contribution in [0.4, 0.5) is 0 Å². The normalized spacial score (nSPS) is 17.5. The molecule has 16 heavy (non-hydrogen) atoms. The summed E-state index contributed by atoms with van der Waals surface area (Å²) < 4.78 is 0. The predicted octanol–water partition coefficient (Wildman–Crippen LogP) is 3.31. The molecular weight excluding hydrogens is 214 g/mol. The van der Waals surface area contributed by atoms with Crippen molar-refractivity contribution in [2.45, 2.75) is 25.8 Å². The quantitative estimate of drug-likeness (QED) is 0.786. The maximum Gasteiger partial charge on any atom is 0.0205 e. The second kappa shape index (κ2) is 6.97. The van der Waals surface area contributed by atoms with Gasteiger partial charge >= 0.3 is 0 Å². The van der Waals surface area contributed by atoms with Crippen LogP contribution in [0.5, 0.6) is 0 Å². The maximum atomic E-state index is 3.54. The van der Waals surface area contributed by atoms with Crippen molar-refractivity contribution in [2.24, 2.45) is 5.92 Å². The first-order valence-corrected chi connectivity index (χ1v) is 7.43. The molecule has 1 N–H and O–H groups in total. The topological polar surface area (TPSA) is 12.0 Å². The number of hydrogen-bond donors (Lipinski definition) is 1. The van der Waals surface area contributed by atoms with Crippen LogP contribution in [0.25, 0.3) is 0 Å². The van der Waals surface area contributed by atoms with Crippen LogP contribution < -0.4 is 5.32 Å². The van der Waals surface area contributed by atoms with Gasteiger partial charge in [-0.1, -0.05) is 30.3 Å². The van der Waals surface area contributed by atoms with Gasteiger partial charge in [-0.25, -0.2) is 0 Å². The molecule has 2 heteroatoms. The summed E-state index contributed by atoms with van der Waals surface area (Å²) in [5, 5.41) is 3.54. The minimum atomic E-state index is 0.976. The van der Waals surface area contributed by atoms with E-state index in [2.05, 4.69) is 47.4 Å². The van der Waals surface area contributed by atoms with Gasteiger partial charge < -0.3 is 5.32 Å². The smallest absolute Gasteiger partial charge is 0.0205 e. The fourth-order valence-electron chi connectivity index (χ4n) is 2.17. The molecule has 0 aliphatic carbocycles. The van der Waals surface area contributed by atoms with Crippen molar-refractivity contribution in [3.63, 3.8) is 0 Å². The second-order valence-electron chi connectivity index (χ2n) is 4.51. The van der Waals surface area contributed by atoms with Gasteiger partial charge in [0, 0.05) is 6.54 Å². The van der Waals surface area contributed by atoms with Crippen molar-refractivity contribution in [3.05, 3.63) is 35.9 Å². The van der Waals surface area contributed by atoms with Crippen LogP contribution >= 0.6 is 11.8 Å². The Hall–Kier alpha value is -0.470. The summed E-state index contributed by atoms with van der Waals surface area (Å²) in [6.45, 7) is 2.19. The molecule has 2 rings (SSSR count). The third-order valence-corrected chi connectivity index (χ3v) is 4.29. The predicted molar refractivity (Wildman–Crippen MR) is 72.8 cm³/mol. The van der Waals surface area contributed by atoms with Gasteiger partial charge in [0.25, 0.3) is 0 Å². The Bertz CT molecular complexity index is 280. The lowest BCUT2D eigenvalue weighted by Gasteiger charge is -2.21. The van der Waals surface area contributed by atoms with E-state index < -0.39 is 0 Å². The van der Waals surface area contributed by atoms with Crippen LogP contribution in [0.2, 0.25) is 0 Å². The van der Waals surface area contributed by atoms with E-state index in [-0.39, 0.29) is 0 Å². The molecule has 1 aromatic carbocycles. The summed E-state index contributed by atoms with van der Waals surface area (Å²) in [5.74, 6) is 3.73. The zero-order valence-corrected chi connectivity index (χ0v) is 10.6. The molecule has 1 heterocycles. The molecule has 0 atom stereocenters. The minimum absolute atomic E-state index is 0.976. The summed E-state index contributed by atoms with van der Waals surface area (Å²) >= 11 is 2.11. The Balaban J connectivity index is 1.58. The molecular formula is C14H21NS. The monoisotopic (exact) mass is 235 g/mol. The molecule has 0 unspecified atom stereocenters. The first-order chi connectivity index (χ1) is 7.95. The van der Waals surface area contributed by atoms with Crippen molar-refractivity contribution < 1.29 is 0 Å². The zero-order chi connectivity index (χ0) is 11.1. The summed E-state index contributed by atoms with van der Waals surface area (Å²) in [7, 11) is 0. The first kappa shape index (κ1) is 12.0. The Labute approximate surface area is 103 Å². The van der Waals surface area contributed by atoms with E-state index in [1.54, 1.807) is 0 Å². The van der Waals surface area contributed by atoms with Gasteiger partial charge in [-0.15, -0.1) is 0 Å². The van der Waals surface area contributed by atoms with E-state index in [1.165, 1.54) is 42.9 Å². The highest BCUT2D eigenvalue weighted by atomic mass is 32.2. The van der Waals surface area contributed by atoms with E-state index >= 15 is 0 Å². The summed E-state index contributed by atoms with van der Waals surface area (Å²) in [6, 6.07) is 10.7. The highest BCUT2D eigenvalue weighted by Gasteiger charge is 2.12. The number of hydrogen-bond acceptors (Lipinski definition) is 2. The second-order valence-corrected chi connectivity index (χ2v) is 5.73.